The highest BCUT2D eigenvalue weighted by Crippen LogP contribution is 2.24. The Hall–Kier alpha value is -1.56. The van der Waals surface area contributed by atoms with E-state index in [4.69, 9.17) is 23.2 Å². The topological polar surface area (TPSA) is 49.4 Å². The first-order valence-electron chi connectivity index (χ1n) is 10.6. The SMILES string of the molecule is C[C@@H](C(=O)NC1CCCCC1)N(Cc1cccc(Br)c1)C(=O)Cc1ccc(Cl)c(Cl)c1. The fraction of sp³-hybridized carbons (Fsp3) is 0.417. The standard InChI is InChI=1S/C24H27BrCl2N2O2/c1-16(24(31)28-20-8-3-2-4-9-20)29(15-18-6-5-7-19(25)12-18)23(30)14-17-10-11-21(26)22(27)13-17/h5-7,10-13,16,20H,2-4,8-9,14-15H2,1H3,(H,28,31)/t16-/m0/s1. The van der Waals surface area contributed by atoms with Crippen molar-refractivity contribution < 1.29 is 9.59 Å². The van der Waals surface area contributed by atoms with E-state index in [1.807, 2.05) is 24.3 Å². The van der Waals surface area contributed by atoms with Crippen molar-refractivity contribution in [2.45, 2.75) is 64.1 Å². The lowest BCUT2D eigenvalue weighted by atomic mass is 9.95. The van der Waals surface area contributed by atoms with Crippen molar-refractivity contribution in [3.8, 4) is 0 Å². The Balaban J connectivity index is 1.77. The van der Waals surface area contributed by atoms with E-state index in [0.717, 1.165) is 41.3 Å². The number of carbonyl (C=O) groups excluding carboxylic acids is 2. The first-order valence-corrected chi connectivity index (χ1v) is 12.2. The Bertz CT molecular complexity index is 932. The molecule has 166 valence electrons. The molecule has 0 radical (unpaired) electrons. The monoisotopic (exact) mass is 524 g/mol. The van der Waals surface area contributed by atoms with Crippen molar-refractivity contribution in [1.82, 2.24) is 10.2 Å². The van der Waals surface area contributed by atoms with Gasteiger partial charge in [0.05, 0.1) is 16.5 Å². The van der Waals surface area contributed by atoms with Crippen LogP contribution in [-0.2, 0) is 22.6 Å². The van der Waals surface area contributed by atoms with Gasteiger partial charge in [-0.25, -0.2) is 0 Å². The summed E-state index contributed by atoms with van der Waals surface area (Å²) in [4.78, 5) is 27.9. The summed E-state index contributed by atoms with van der Waals surface area (Å²) < 4.78 is 0.932. The molecule has 1 N–H and O–H groups in total. The Morgan fingerprint density at radius 1 is 1.06 bits per heavy atom. The van der Waals surface area contributed by atoms with Crippen molar-refractivity contribution in [3.05, 3.63) is 68.1 Å². The molecule has 2 aromatic carbocycles. The summed E-state index contributed by atoms with van der Waals surface area (Å²) in [6, 6.07) is 12.6. The van der Waals surface area contributed by atoms with Crippen LogP contribution in [0.5, 0.6) is 0 Å². The predicted molar refractivity (Wildman–Crippen MR) is 129 cm³/mol. The maximum Gasteiger partial charge on any atom is 0.242 e. The van der Waals surface area contributed by atoms with Gasteiger partial charge in [0.1, 0.15) is 6.04 Å². The normalized spacial score (nSPS) is 15.4. The van der Waals surface area contributed by atoms with Crippen LogP contribution in [-0.4, -0.2) is 28.8 Å². The quantitative estimate of drug-likeness (QED) is 0.470. The number of benzene rings is 2. The molecule has 2 amide bonds. The van der Waals surface area contributed by atoms with Gasteiger partial charge in [0.15, 0.2) is 0 Å². The summed E-state index contributed by atoms with van der Waals surface area (Å²) in [5.41, 5.74) is 1.72. The summed E-state index contributed by atoms with van der Waals surface area (Å²) in [5.74, 6) is -0.242. The number of hydrogen-bond acceptors (Lipinski definition) is 2. The average molecular weight is 526 g/mol. The van der Waals surface area contributed by atoms with Crippen LogP contribution in [0.4, 0.5) is 0 Å². The van der Waals surface area contributed by atoms with Crippen LogP contribution in [0.15, 0.2) is 46.9 Å². The lowest BCUT2D eigenvalue weighted by molar-refractivity contribution is -0.140. The second-order valence-corrected chi connectivity index (χ2v) is 9.83. The number of carbonyl (C=O) groups is 2. The van der Waals surface area contributed by atoms with Gasteiger partial charge in [0, 0.05) is 17.1 Å². The Labute approximate surface area is 202 Å². The molecule has 3 rings (SSSR count). The van der Waals surface area contributed by atoms with E-state index in [2.05, 4.69) is 21.2 Å². The number of nitrogens with zero attached hydrogens (tertiary/aromatic N) is 1. The first-order chi connectivity index (χ1) is 14.8. The van der Waals surface area contributed by atoms with E-state index in [-0.39, 0.29) is 24.3 Å². The minimum Gasteiger partial charge on any atom is -0.352 e. The third kappa shape index (κ3) is 6.96. The van der Waals surface area contributed by atoms with E-state index in [0.29, 0.717) is 16.6 Å². The second-order valence-electron chi connectivity index (χ2n) is 8.10. The molecule has 0 bridgehead atoms. The molecule has 31 heavy (non-hydrogen) atoms. The van der Waals surface area contributed by atoms with E-state index >= 15 is 0 Å². The van der Waals surface area contributed by atoms with Crippen molar-refractivity contribution in [2.24, 2.45) is 0 Å². The molecule has 7 heteroatoms. The molecule has 1 atom stereocenters. The molecule has 1 saturated carbocycles. The van der Waals surface area contributed by atoms with Crippen molar-refractivity contribution in [2.75, 3.05) is 0 Å². The Morgan fingerprint density at radius 3 is 2.48 bits per heavy atom. The number of rotatable bonds is 7. The van der Waals surface area contributed by atoms with Gasteiger partial charge in [0.25, 0.3) is 0 Å². The first kappa shape index (κ1) is 24.1. The molecule has 0 saturated heterocycles. The molecule has 0 heterocycles. The predicted octanol–water partition coefficient (Wildman–Crippen LogP) is 6.16. The van der Waals surface area contributed by atoms with Gasteiger partial charge >= 0.3 is 0 Å². The van der Waals surface area contributed by atoms with Gasteiger partial charge < -0.3 is 10.2 Å². The number of hydrogen-bond donors (Lipinski definition) is 1. The highest BCUT2D eigenvalue weighted by Gasteiger charge is 2.28. The molecule has 1 aliphatic rings. The molecule has 2 aromatic rings. The van der Waals surface area contributed by atoms with Crippen LogP contribution >= 0.6 is 39.1 Å². The van der Waals surface area contributed by atoms with E-state index in [9.17, 15) is 9.59 Å². The van der Waals surface area contributed by atoms with Gasteiger partial charge in [-0.15, -0.1) is 0 Å². The summed E-state index contributed by atoms with van der Waals surface area (Å²) in [5, 5.41) is 4.01. The minimum absolute atomic E-state index is 0.107. The van der Waals surface area contributed by atoms with Crippen LogP contribution in [0.2, 0.25) is 10.0 Å². The molecule has 0 aromatic heterocycles. The third-order valence-electron chi connectivity index (χ3n) is 5.70. The fourth-order valence-electron chi connectivity index (χ4n) is 3.91. The van der Waals surface area contributed by atoms with Crippen molar-refractivity contribution >= 4 is 50.9 Å². The van der Waals surface area contributed by atoms with Crippen molar-refractivity contribution in [3.63, 3.8) is 0 Å². The summed E-state index contributed by atoms with van der Waals surface area (Å²) >= 11 is 15.6. The second kappa shape index (κ2) is 11.3. The van der Waals surface area contributed by atoms with Crippen LogP contribution in [0, 0.1) is 0 Å². The van der Waals surface area contributed by atoms with Gasteiger partial charge in [-0.3, -0.25) is 9.59 Å². The Kier molecular flexibility index (Phi) is 8.82. The zero-order chi connectivity index (χ0) is 22.4. The summed E-state index contributed by atoms with van der Waals surface area (Å²) in [7, 11) is 0. The smallest absolute Gasteiger partial charge is 0.242 e. The van der Waals surface area contributed by atoms with Gasteiger partial charge in [0.2, 0.25) is 11.8 Å². The lowest BCUT2D eigenvalue weighted by Crippen LogP contribution is -2.50. The minimum atomic E-state index is -0.587. The zero-order valence-corrected chi connectivity index (χ0v) is 20.6. The zero-order valence-electron chi connectivity index (χ0n) is 17.5. The van der Waals surface area contributed by atoms with E-state index in [1.165, 1.54) is 6.42 Å². The van der Waals surface area contributed by atoms with Crippen LogP contribution in [0.25, 0.3) is 0 Å². The number of nitrogens with one attached hydrogen (secondary N) is 1. The molecular weight excluding hydrogens is 499 g/mol. The summed E-state index contributed by atoms with van der Waals surface area (Å²) in [6.07, 6.45) is 5.64. The largest absolute Gasteiger partial charge is 0.352 e. The maximum absolute atomic E-state index is 13.3. The van der Waals surface area contributed by atoms with Gasteiger partial charge in [-0.1, -0.05) is 76.6 Å². The number of halogens is 3. The molecule has 1 aliphatic carbocycles. The van der Waals surface area contributed by atoms with Gasteiger partial charge in [-0.05, 0) is 55.2 Å². The average Bonchev–Trinajstić information content (AvgIpc) is 2.75. The van der Waals surface area contributed by atoms with Crippen molar-refractivity contribution in [1.29, 1.82) is 0 Å². The van der Waals surface area contributed by atoms with E-state index < -0.39 is 6.04 Å². The fourth-order valence-corrected chi connectivity index (χ4v) is 4.68. The summed E-state index contributed by atoms with van der Waals surface area (Å²) in [6.45, 7) is 2.14. The molecular formula is C24H27BrCl2N2O2. The lowest BCUT2D eigenvalue weighted by Gasteiger charge is -2.31. The molecule has 0 unspecified atom stereocenters. The highest BCUT2D eigenvalue weighted by molar-refractivity contribution is 9.10. The molecule has 1 fully saturated rings. The highest BCUT2D eigenvalue weighted by atomic mass is 79.9. The van der Waals surface area contributed by atoms with Gasteiger partial charge in [-0.2, -0.15) is 0 Å². The van der Waals surface area contributed by atoms with Crippen LogP contribution in [0.1, 0.15) is 50.2 Å². The van der Waals surface area contributed by atoms with Crippen LogP contribution < -0.4 is 5.32 Å². The third-order valence-corrected chi connectivity index (χ3v) is 6.93. The maximum atomic E-state index is 13.3. The van der Waals surface area contributed by atoms with E-state index in [1.54, 1.807) is 30.0 Å². The van der Waals surface area contributed by atoms with Crippen LogP contribution in [0.3, 0.4) is 0 Å². The molecule has 0 spiro atoms. The molecule has 4 nitrogen and oxygen atoms in total. The molecule has 0 aliphatic heterocycles. The number of amides is 2. The Morgan fingerprint density at radius 2 is 1.81 bits per heavy atom.